The molecule has 1 aromatic heterocycles. The summed E-state index contributed by atoms with van der Waals surface area (Å²) in [6.07, 6.45) is -2.12. The molecule has 9 heteroatoms. The van der Waals surface area contributed by atoms with Crippen LogP contribution in [0, 0.1) is 0 Å². The van der Waals surface area contributed by atoms with E-state index in [-0.39, 0.29) is 17.2 Å². The molecule has 0 atom stereocenters. The molecular weight excluding hydrogens is 399 g/mol. The van der Waals surface area contributed by atoms with Crippen LogP contribution in [0.15, 0.2) is 42.6 Å². The van der Waals surface area contributed by atoms with Gasteiger partial charge in [0.1, 0.15) is 5.75 Å². The zero-order valence-corrected chi connectivity index (χ0v) is 15.7. The predicted molar refractivity (Wildman–Crippen MR) is 102 cm³/mol. The van der Waals surface area contributed by atoms with Crippen LogP contribution in [0.4, 0.5) is 13.2 Å². The molecule has 0 spiro atoms. The third-order valence-corrected chi connectivity index (χ3v) is 5.05. The summed E-state index contributed by atoms with van der Waals surface area (Å²) < 4.78 is 38.2. The van der Waals surface area contributed by atoms with E-state index < -0.39 is 11.7 Å². The fraction of sp³-hybridized carbons (Fsp3) is 0.238. The van der Waals surface area contributed by atoms with Gasteiger partial charge in [0.2, 0.25) is 0 Å². The van der Waals surface area contributed by atoms with Crippen molar-refractivity contribution in [3.8, 4) is 28.6 Å². The second kappa shape index (κ2) is 7.49. The van der Waals surface area contributed by atoms with Gasteiger partial charge in [0.15, 0.2) is 17.3 Å². The summed E-state index contributed by atoms with van der Waals surface area (Å²) in [7, 11) is 0. The molecule has 156 valence electrons. The molecule has 1 aliphatic heterocycles. The molecule has 0 radical (unpaired) electrons. The maximum atomic E-state index is 12.7. The monoisotopic (exact) mass is 417 g/mol. The van der Waals surface area contributed by atoms with Crippen molar-refractivity contribution < 1.29 is 28.5 Å². The Morgan fingerprint density at radius 1 is 0.967 bits per heavy atom. The lowest BCUT2D eigenvalue weighted by Gasteiger charge is -2.28. The van der Waals surface area contributed by atoms with Crippen LogP contribution in [0.3, 0.4) is 0 Å². The third-order valence-electron chi connectivity index (χ3n) is 5.05. The number of fused-ring (bicyclic) bond motifs is 1. The van der Waals surface area contributed by atoms with E-state index in [0.717, 1.165) is 29.5 Å². The second-order valence-electron chi connectivity index (χ2n) is 7.17. The van der Waals surface area contributed by atoms with Crippen molar-refractivity contribution in [1.82, 2.24) is 14.9 Å². The number of aromatic nitrogens is 2. The molecule has 0 amide bonds. The number of phenols is 3. The Bertz CT molecular complexity index is 1090. The lowest BCUT2D eigenvalue weighted by atomic mass is 10.0. The first-order chi connectivity index (χ1) is 14.2. The van der Waals surface area contributed by atoms with E-state index in [1.165, 1.54) is 18.2 Å². The molecule has 6 nitrogen and oxygen atoms in total. The smallest absolute Gasteiger partial charge is 0.416 e. The average molecular weight is 417 g/mol. The number of hydrogen-bond acceptors (Lipinski definition) is 6. The van der Waals surface area contributed by atoms with E-state index in [2.05, 4.69) is 9.97 Å². The van der Waals surface area contributed by atoms with Crippen LogP contribution in [0.25, 0.3) is 11.4 Å². The molecule has 0 aliphatic carbocycles. The van der Waals surface area contributed by atoms with Crippen LogP contribution in [-0.2, 0) is 25.7 Å². The Hall–Kier alpha value is -3.33. The minimum Gasteiger partial charge on any atom is -0.507 e. The molecular formula is C21H18F3N3O3. The van der Waals surface area contributed by atoms with Gasteiger partial charge in [0, 0.05) is 55.0 Å². The van der Waals surface area contributed by atoms with Crippen molar-refractivity contribution in [3.63, 3.8) is 0 Å². The molecule has 0 saturated heterocycles. The van der Waals surface area contributed by atoms with Crippen LogP contribution >= 0.6 is 0 Å². The number of phenolic OH excluding ortho intramolecular Hbond substituents is 3. The standard InChI is InChI=1S/C21H18F3N3O3/c22-21(23,24)15-3-1-12(2-4-15)20-25-9-14-11-27(6-5-16(14)26-20)10-13-7-18(29)19(30)8-17(13)28/h1-4,7-9,28-30H,5-6,10-11H2. The highest BCUT2D eigenvalue weighted by Crippen LogP contribution is 2.34. The summed E-state index contributed by atoms with van der Waals surface area (Å²) in [6.45, 7) is 1.51. The van der Waals surface area contributed by atoms with Crippen LogP contribution in [0.5, 0.6) is 17.2 Å². The SMILES string of the molecule is Oc1cc(O)c(CN2CCc3nc(-c4ccc(C(F)(F)F)cc4)ncc3C2)cc1O. The van der Waals surface area contributed by atoms with Gasteiger partial charge in [-0.1, -0.05) is 12.1 Å². The van der Waals surface area contributed by atoms with Crippen LogP contribution < -0.4 is 0 Å². The molecule has 1 aliphatic rings. The third kappa shape index (κ3) is 4.02. The zero-order valence-electron chi connectivity index (χ0n) is 15.7. The Morgan fingerprint density at radius 2 is 1.67 bits per heavy atom. The largest absolute Gasteiger partial charge is 0.507 e. The Morgan fingerprint density at radius 3 is 2.37 bits per heavy atom. The van der Waals surface area contributed by atoms with Gasteiger partial charge in [0.25, 0.3) is 0 Å². The van der Waals surface area contributed by atoms with Crippen molar-refractivity contribution in [2.75, 3.05) is 6.54 Å². The van der Waals surface area contributed by atoms with E-state index in [0.29, 0.717) is 43.0 Å². The van der Waals surface area contributed by atoms with Gasteiger partial charge in [-0.15, -0.1) is 0 Å². The van der Waals surface area contributed by atoms with E-state index >= 15 is 0 Å². The number of halogens is 3. The normalized spacial score (nSPS) is 14.5. The lowest BCUT2D eigenvalue weighted by molar-refractivity contribution is -0.137. The van der Waals surface area contributed by atoms with Crippen molar-refractivity contribution in [1.29, 1.82) is 0 Å². The number of nitrogens with zero attached hydrogens (tertiary/aromatic N) is 3. The Balaban J connectivity index is 1.50. The van der Waals surface area contributed by atoms with Gasteiger partial charge < -0.3 is 15.3 Å². The Kier molecular flexibility index (Phi) is 4.98. The predicted octanol–water partition coefficient (Wildman–Crippen LogP) is 3.84. The molecule has 2 aromatic carbocycles. The summed E-state index contributed by atoms with van der Waals surface area (Å²) in [5, 5.41) is 29.1. The maximum absolute atomic E-state index is 12.7. The van der Waals surface area contributed by atoms with E-state index in [1.54, 1.807) is 6.20 Å². The van der Waals surface area contributed by atoms with E-state index in [9.17, 15) is 28.5 Å². The van der Waals surface area contributed by atoms with Crippen molar-refractivity contribution >= 4 is 0 Å². The molecule has 0 fully saturated rings. The molecule has 0 saturated carbocycles. The molecule has 3 aromatic rings. The maximum Gasteiger partial charge on any atom is 0.416 e. The lowest BCUT2D eigenvalue weighted by Crippen LogP contribution is -2.31. The highest BCUT2D eigenvalue weighted by Gasteiger charge is 2.30. The second-order valence-corrected chi connectivity index (χ2v) is 7.17. The van der Waals surface area contributed by atoms with Gasteiger partial charge in [-0.05, 0) is 18.2 Å². The van der Waals surface area contributed by atoms with Crippen molar-refractivity contribution in [3.05, 3.63) is 65.0 Å². The Labute approximate surface area is 169 Å². The first kappa shape index (κ1) is 20.0. The van der Waals surface area contributed by atoms with Gasteiger partial charge in [-0.2, -0.15) is 13.2 Å². The molecule has 4 rings (SSSR count). The minimum absolute atomic E-state index is 0.106. The first-order valence-corrected chi connectivity index (χ1v) is 9.19. The van der Waals surface area contributed by atoms with Gasteiger partial charge in [-0.3, -0.25) is 4.90 Å². The van der Waals surface area contributed by atoms with Gasteiger partial charge >= 0.3 is 6.18 Å². The summed E-state index contributed by atoms with van der Waals surface area (Å²) >= 11 is 0. The van der Waals surface area contributed by atoms with Crippen molar-refractivity contribution in [2.24, 2.45) is 0 Å². The quantitative estimate of drug-likeness (QED) is 0.443. The molecule has 3 N–H and O–H groups in total. The highest BCUT2D eigenvalue weighted by atomic mass is 19.4. The number of alkyl halides is 3. The fourth-order valence-corrected chi connectivity index (χ4v) is 3.43. The van der Waals surface area contributed by atoms with Crippen LogP contribution in [-0.4, -0.2) is 36.7 Å². The number of rotatable bonds is 3. The summed E-state index contributed by atoms with van der Waals surface area (Å²) in [4.78, 5) is 10.9. The van der Waals surface area contributed by atoms with E-state index in [1.807, 2.05) is 4.90 Å². The van der Waals surface area contributed by atoms with Crippen LogP contribution in [0.2, 0.25) is 0 Å². The minimum atomic E-state index is -4.39. The summed E-state index contributed by atoms with van der Waals surface area (Å²) in [6, 6.07) is 7.17. The summed E-state index contributed by atoms with van der Waals surface area (Å²) in [5.41, 5.74) is 1.99. The molecule has 2 heterocycles. The number of aromatic hydroxyl groups is 3. The highest BCUT2D eigenvalue weighted by molar-refractivity contribution is 5.56. The van der Waals surface area contributed by atoms with Gasteiger partial charge in [-0.25, -0.2) is 9.97 Å². The topological polar surface area (TPSA) is 89.7 Å². The fourth-order valence-electron chi connectivity index (χ4n) is 3.43. The summed E-state index contributed by atoms with van der Waals surface area (Å²) in [5.74, 6) is -0.420. The van der Waals surface area contributed by atoms with E-state index in [4.69, 9.17) is 0 Å². The molecule has 30 heavy (non-hydrogen) atoms. The number of hydrogen-bond donors (Lipinski definition) is 3. The van der Waals surface area contributed by atoms with Crippen LogP contribution in [0.1, 0.15) is 22.4 Å². The first-order valence-electron chi connectivity index (χ1n) is 9.19. The zero-order chi connectivity index (χ0) is 21.5. The average Bonchev–Trinajstić information content (AvgIpc) is 2.71. The molecule has 0 bridgehead atoms. The number of benzene rings is 2. The van der Waals surface area contributed by atoms with Gasteiger partial charge in [0.05, 0.1) is 11.3 Å². The van der Waals surface area contributed by atoms with Crippen molar-refractivity contribution in [2.45, 2.75) is 25.7 Å². The molecule has 0 unspecified atom stereocenters.